The van der Waals surface area contributed by atoms with Crippen molar-refractivity contribution >= 4 is 14.9 Å². The summed E-state index contributed by atoms with van der Waals surface area (Å²) in [4.78, 5) is 0. The fraction of sp³-hybridized carbons (Fsp3) is 1.00. The molecule has 0 spiro atoms. The Morgan fingerprint density at radius 2 is 1.67 bits per heavy atom. The zero-order valence-electron chi connectivity index (χ0n) is 7.28. The first kappa shape index (κ1) is 9.24. The Bertz CT molecular complexity index is 77.6. The minimum Gasteiger partial charge on any atom is -0.358 e. The van der Waals surface area contributed by atoms with Gasteiger partial charge in [-0.25, -0.2) is 0 Å². The van der Waals surface area contributed by atoms with Gasteiger partial charge in [-0.1, -0.05) is 33.3 Å². The van der Waals surface area contributed by atoms with Gasteiger partial charge in [0.05, 0.1) is 8.07 Å². The third-order valence-corrected chi connectivity index (χ3v) is 2.31. The first-order chi connectivity index (χ1) is 3.92. The second-order valence-corrected chi connectivity index (χ2v) is 9.57. The Morgan fingerprint density at radius 1 is 1.22 bits per heavy atom. The van der Waals surface area contributed by atoms with Crippen molar-refractivity contribution in [1.82, 2.24) is 5.23 Å². The van der Waals surface area contributed by atoms with E-state index in [1.54, 1.807) is 0 Å². The lowest BCUT2D eigenvalue weighted by atomic mass is 9.69. The standard InChI is InChI=1S/C6H18BNSi/c1-7(2)8-6-9(3,4)5/h8H,6H2,1-5H3. The lowest BCUT2D eigenvalue weighted by Crippen LogP contribution is -2.41. The Kier molecular flexibility index (Phi) is 3.51. The van der Waals surface area contributed by atoms with E-state index in [-0.39, 0.29) is 0 Å². The Labute approximate surface area is 60.3 Å². The molecule has 0 rings (SSSR count). The van der Waals surface area contributed by atoms with Gasteiger partial charge in [0.25, 0.3) is 0 Å². The predicted molar refractivity (Wildman–Crippen MR) is 48.8 cm³/mol. The van der Waals surface area contributed by atoms with E-state index in [1.165, 1.54) is 6.17 Å². The largest absolute Gasteiger partial charge is 0.358 e. The fourth-order valence-corrected chi connectivity index (χ4v) is 1.53. The first-order valence-corrected chi connectivity index (χ1v) is 7.36. The molecule has 54 valence electrons. The van der Waals surface area contributed by atoms with Crippen LogP contribution < -0.4 is 5.23 Å². The Morgan fingerprint density at radius 3 is 1.78 bits per heavy atom. The molecule has 0 saturated carbocycles. The van der Waals surface area contributed by atoms with E-state index in [0.717, 1.165) is 0 Å². The molecule has 0 aliphatic heterocycles. The minimum absolute atomic E-state index is 0.650. The highest BCUT2D eigenvalue weighted by atomic mass is 28.3. The first-order valence-electron chi connectivity index (χ1n) is 3.65. The molecule has 0 fully saturated rings. The van der Waals surface area contributed by atoms with Gasteiger partial charge in [-0.05, 0) is 6.17 Å². The van der Waals surface area contributed by atoms with Crippen LogP contribution in [0.15, 0.2) is 0 Å². The number of hydrogen-bond acceptors (Lipinski definition) is 1. The van der Waals surface area contributed by atoms with Crippen LogP contribution in [0.2, 0.25) is 33.3 Å². The van der Waals surface area contributed by atoms with E-state index < -0.39 is 8.07 Å². The van der Waals surface area contributed by atoms with E-state index in [1.807, 2.05) is 0 Å². The molecule has 1 nitrogen and oxygen atoms in total. The topological polar surface area (TPSA) is 12.0 Å². The number of hydrogen-bond donors (Lipinski definition) is 1. The monoisotopic (exact) mass is 143 g/mol. The molecule has 0 unspecified atom stereocenters. The Balaban J connectivity index is 3.28. The van der Waals surface area contributed by atoms with Crippen LogP contribution >= 0.6 is 0 Å². The van der Waals surface area contributed by atoms with Gasteiger partial charge < -0.3 is 5.23 Å². The van der Waals surface area contributed by atoms with Crippen molar-refractivity contribution in [2.45, 2.75) is 33.3 Å². The van der Waals surface area contributed by atoms with Crippen LogP contribution in [0.1, 0.15) is 0 Å². The SMILES string of the molecule is CB(C)NC[Si](C)(C)C. The van der Waals surface area contributed by atoms with E-state index in [9.17, 15) is 0 Å². The maximum absolute atomic E-state index is 3.45. The van der Waals surface area contributed by atoms with Crippen LogP contribution in [0.25, 0.3) is 0 Å². The highest BCUT2D eigenvalue weighted by Crippen LogP contribution is 1.96. The van der Waals surface area contributed by atoms with Crippen molar-refractivity contribution in [3.63, 3.8) is 0 Å². The summed E-state index contributed by atoms with van der Waals surface area (Å²) < 4.78 is 0. The van der Waals surface area contributed by atoms with Crippen molar-refractivity contribution < 1.29 is 0 Å². The summed E-state index contributed by atoms with van der Waals surface area (Å²) in [6, 6.07) is 0. The predicted octanol–water partition coefficient (Wildman–Crippen LogP) is 1.70. The molecule has 1 N–H and O–H groups in total. The third-order valence-electron chi connectivity index (χ3n) is 1.04. The zero-order valence-corrected chi connectivity index (χ0v) is 8.28. The molecule has 0 aromatic rings. The molecule has 0 aromatic carbocycles. The summed E-state index contributed by atoms with van der Waals surface area (Å²) in [7, 11) is -0.831. The van der Waals surface area contributed by atoms with Gasteiger partial charge in [-0.2, -0.15) is 0 Å². The summed E-state index contributed by atoms with van der Waals surface area (Å²) in [6.45, 7) is 12.2. The lowest BCUT2D eigenvalue weighted by Gasteiger charge is -2.17. The van der Waals surface area contributed by atoms with Crippen LogP contribution in [0.5, 0.6) is 0 Å². The molecule has 0 aliphatic carbocycles. The maximum Gasteiger partial charge on any atom is 0.213 e. The lowest BCUT2D eigenvalue weighted by molar-refractivity contribution is 1.10. The van der Waals surface area contributed by atoms with Crippen LogP contribution in [-0.4, -0.2) is 21.1 Å². The molecule has 0 aliphatic rings. The van der Waals surface area contributed by atoms with E-state index in [2.05, 4.69) is 38.5 Å². The van der Waals surface area contributed by atoms with E-state index in [0.29, 0.717) is 6.85 Å². The van der Waals surface area contributed by atoms with Crippen LogP contribution in [-0.2, 0) is 0 Å². The summed E-state index contributed by atoms with van der Waals surface area (Å²) >= 11 is 0. The second kappa shape index (κ2) is 3.42. The van der Waals surface area contributed by atoms with E-state index >= 15 is 0 Å². The highest BCUT2D eigenvalue weighted by Gasteiger charge is 2.12. The molecule has 0 aromatic heterocycles. The highest BCUT2D eigenvalue weighted by molar-refractivity contribution is 6.77. The van der Waals surface area contributed by atoms with Gasteiger partial charge in [-0.3, -0.25) is 0 Å². The normalized spacial score (nSPS) is 11.7. The van der Waals surface area contributed by atoms with Crippen molar-refractivity contribution in [1.29, 1.82) is 0 Å². The molecule has 0 saturated heterocycles. The van der Waals surface area contributed by atoms with Crippen molar-refractivity contribution in [2.75, 3.05) is 6.17 Å². The zero-order chi connectivity index (χ0) is 7.49. The second-order valence-electron chi connectivity index (χ2n) is 4.10. The van der Waals surface area contributed by atoms with Crippen LogP contribution in [0.4, 0.5) is 0 Å². The molecule has 0 radical (unpaired) electrons. The molecule has 9 heavy (non-hydrogen) atoms. The molecule has 0 atom stereocenters. The average molecular weight is 143 g/mol. The van der Waals surface area contributed by atoms with Crippen molar-refractivity contribution in [3.8, 4) is 0 Å². The fourth-order valence-electron chi connectivity index (χ4n) is 0.510. The summed E-state index contributed by atoms with van der Waals surface area (Å²) in [5.74, 6) is 0. The summed E-state index contributed by atoms with van der Waals surface area (Å²) in [5.41, 5.74) is 0. The van der Waals surface area contributed by atoms with Crippen LogP contribution in [0.3, 0.4) is 0 Å². The molecule has 0 amide bonds. The van der Waals surface area contributed by atoms with Gasteiger partial charge in [-0.15, -0.1) is 0 Å². The van der Waals surface area contributed by atoms with E-state index in [4.69, 9.17) is 0 Å². The molecule has 0 bridgehead atoms. The van der Waals surface area contributed by atoms with Crippen LogP contribution in [0, 0.1) is 0 Å². The summed E-state index contributed by atoms with van der Waals surface area (Å²) in [5, 5.41) is 3.45. The Hall–Kier alpha value is 0.242. The molecule has 0 heterocycles. The van der Waals surface area contributed by atoms with Crippen molar-refractivity contribution in [3.05, 3.63) is 0 Å². The van der Waals surface area contributed by atoms with Gasteiger partial charge in [0, 0.05) is 0 Å². The van der Waals surface area contributed by atoms with Crippen molar-refractivity contribution in [2.24, 2.45) is 0 Å². The number of rotatable bonds is 3. The number of nitrogens with one attached hydrogen (secondary N) is 1. The average Bonchev–Trinajstić information content (AvgIpc) is 1.59. The third kappa shape index (κ3) is 8.24. The smallest absolute Gasteiger partial charge is 0.213 e. The van der Waals surface area contributed by atoms with Gasteiger partial charge >= 0.3 is 0 Å². The molecular formula is C6H18BNSi. The van der Waals surface area contributed by atoms with Gasteiger partial charge in [0.2, 0.25) is 6.85 Å². The maximum atomic E-state index is 3.45. The minimum atomic E-state index is -0.831. The summed E-state index contributed by atoms with van der Waals surface area (Å²) in [6.07, 6.45) is 1.24. The van der Waals surface area contributed by atoms with Gasteiger partial charge in [0.15, 0.2) is 0 Å². The molecule has 3 heteroatoms. The van der Waals surface area contributed by atoms with Gasteiger partial charge in [0.1, 0.15) is 0 Å². The quantitative estimate of drug-likeness (QED) is 0.593. The molecular weight excluding hydrogens is 125 g/mol.